The van der Waals surface area contributed by atoms with Crippen molar-refractivity contribution in [3.05, 3.63) is 41.7 Å². The molecule has 2 N–H and O–H groups in total. The van der Waals surface area contributed by atoms with Crippen LogP contribution in [0.3, 0.4) is 0 Å². The fraction of sp³-hybridized carbons (Fsp3) is 0.474. The average molecular weight is 375 g/mol. The summed E-state index contributed by atoms with van der Waals surface area (Å²) in [6.07, 6.45) is 3.51. The number of methoxy groups -OCH3 is 1. The van der Waals surface area contributed by atoms with Crippen LogP contribution >= 0.6 is 0 Å². The summed E-state index contributed by atoms with van der Waals surface area (Å²) in [5, 5.41) is 10.1. The summed E-state index contributed by atoms with van der Waals surface area (Å²) in [5.74, 6) is 1.23. The van der Waals surface area contributed by atoms with E-state index in [4.69, 9.17) is 9.47 Å². The lowest BCUT2D eigenvalue weighted by molar-refractivity contribution is -0.123. The van der Waals surface area contributed by atoms with E-state index in [1.165, 1.54) is 0 Å². The molecule has 1 unspecified atom stereocenters. The third-order valence-electron chi connectivity index (χ3n) is 4.10. The molecule has 0 bridgehead atoms. The first-order valence-corrected chi connectivity index (χ1v) is 8.82. The number of nitrogens with zero attached hydrogens (tertiary/aromatic N) is 3. The van der Waals surface area contributed by atoms with Crippen molar-refractivity contribution in [1.82, 2.24) is 25.3 Å². The Bertz CT molecular complexity index is 745. The fourth-order valence-electron chi connectivity index (χ4n) is 2.61. The maximum absolute atomic E-state index is 12.5. The van der Waals surface area contributed by atoms with Gasteiger partial charge >= 0.3 is 0 Å². The molecule has 1 amide bonds. The molecule has 0 saturated carbocycles. The molecule has 0 saturated heterocycles. The largest absolute Gasteiger partial charge is 0.493 e. The number of rotatable bonds is 10. The van der Waals surface area contributed by atoms with Gasteiger partial charge in [0.25, 0.3) is 0 Å². The Morgan fingerprint density at radius 2 is 2.11 bits per heavy atom. The smallest absolute Gasteiger partial charge is 0.242 e. The van der Waals surface area contributed by atoms with Gasteiger partial charge in [0.15, 0.2) is 11.5 Å². The normalized spacial score (nSPS) is 12.1. The molecule has 1 aromatic heterocycles. The minimum Gasteiger partial charge on any atom is -0.493 e. The number of hydrogen-bond donors (Lipinski definition) is 2. The van der Waals surface area contributed by atoms with Crippen LogP contribution in [0.5, 0.6) is 11.5 Å². The highest BCUT2D eigenvalue weighted by Crippen LogP contribution is 2.28. The second kappa shape index (κ2) is 9.94. The number of carbonyl (C=O) groups is 1. The van der Waals surface area contributed by atoms with Gasteiger partial charge in [-0.2, -0.15) is 5.10 Å². The summed E-state index contributed by atoms with van der Waals surface area (Å²) >= 11 is 0. The predicted octanol–water partition coefficient (Wildman–Crippen LogP) is 0.946. The lowest BCUT2D eigenvalue weighted by atomic mass is 10.1. The van der Waals surface area contributed by atoms with Gasteiger partial charge in [-0.3, -0.25) is 9.48 Å². The number of likely N-dealkylation sites (N-methyl/N-ethyl adjacent to an activating group) is 2. The number of aromatic nitrogens is 2. The zero-order valence-corrected chi connectivity index (χ0v) is 16.7. The highest BCUT2D eigenvalue weighted by molar-refractivity contribution is 5.83. The molecule has 148 valence electrons. The van der Waals surface area contributed by atoms with Crippen molar-refractivity contribution >= 4 is 5.91 Å². The summed E-state index contributed by atoms with van der Waals surface area (Å²) in [7, 11) is 9.17. The molecule has 8 nitrogen and oxygen atoms in total. The molecular formula is C19H29N5O3. The number of benzene rings is 1. The Labute approximate surface area is 160 Å². The number of nitrogens with one attached hydrogen (secondary N) is 2. The van der Waals surface area contributed by atoms with Crippen LogP contribution in [-0.4, -0.2) is 62.0 Å². The summed E-state index contributed by atoms with van der Waals surface area (Å²) in [6.45, 7) is 1.79. The number of amides is 1. The van der Waals surface area contributed by atoms with E-state index < -0.39 is 6.04 Å². The molecule has 27 heavy (non-hydrogen) atoms. The van der Waals surface area contributed by atoms with E-state index in [9.17, 15) is 4.79 Å². The molecule has 0 aliphatic rings. The van der Waals surface area contributed by atoms with E-state index in [-0.39, 0.29) is 5.91 Å². The van der Waals surface area contributed by atoms with Crippen molar-refractivity contribution in [2.45, 2.75) is 12.6 Å². The molecule has 0 spiro atoms. The molecular weight excluding hydrogens is 346 g/mol. The third kappa shape index (κ3) is 5.97. The quantitative estimate of drug-likeness (QED) is 0.644. The molecule has 2 rings (SSSR count). The maximum Gasteiger partial charge on any atom is 0.242 e. The molecule has 0 aliphatic carbocycles. The Morgan fingerprint density at radius 1 is 1.33 bits per heavy atom. The lowest BCUT2D eigenvalue weighted by Crippen LogP contribution is -2.35. The first kappa shape index (κ1) is 20.7. The molecule has 1 heterocycles. The van der Waals surface area contributed by atoms with Crippen LogP contribution in [0.25, 0.3) is 0 Å². The van der Waals surface area contributed by atoms with E-state index in [2.05, 4.69) is 20.6 Å². The van der Waals surface area contributed by atoms with E-state index in [0.717, 1.165) is 17.7 Å². The van der Waals surface area contributed by atoms with Crippen molar-refractivity contribution in [2.24, 2.45) is 7.05 Å². The Morgan fingerprint density at radius 3 is 2.70 bits per heavy atom. The van der Waals surface area contributed by atoms with Crippen molar-refractivity contribution in [2.75, 3.05) is 41.4 Å². The maximum atomic E-state index is 12.5. The van der Waals surface area contributed by atoms with Gasteiger partial charge in [0.05, 0.1) is 13.3 Å². The van der Waals surface area contributed by atoms with Gasteiger partial charge in [-0.05, 0) is 38.8 Å². The van der Waals surface area contributed by atoms with Crippen LogP contribution in [0.4, 0.5) is 0 Å². The summed E-state index contributed by atoms with van der Waals surface area (Å²) in [6, 6.07) is 5.22. The lowest BCUT2D eigenvalue weighted by Gasteiger charge is -2.16. The molecule has 2 aromatic rings. The average Bonchev–Trinajstić information content (AvgIpc) is 3.07. The molecule has 0 fully saturated rings. The second-order valence-electron chi connectivity index (χ2n) is 6.52. The fourth-order valence-corrected chi connectivity index (χ4v) is 2.61. The van der Waals surface area contributed by atoms with Crippen LogP contribution in [-0.2, 0) is 18.4 Å². The zero-order valence-electron chi connectivity index (χ0n) is 16.7. The molecule has 8 heteroatoms. The number of carbonyl (C=O) groups excluding carboxylic acids is 1. The zero-order chi connectivity index (χ0) is 19.8. The number of hydrogen-bond acceptors (Lipinski definition) is 6. The van der Waals surface area contributed by atoms with Crippen LogP contribution in [0, 0.1) is 0 Å². The molecule has 1 aromatic carbocycles. The van der Waals surface area contributed by atoms with Gasteiger partial charge in [0, 0.05) is 31.9 Å². The minimum atomic E-state index is -0.450. The van der Waals surface area contributed by atoms with Crippen LogP contribution in [0.2, 0.25) is 0 Å². The van der Waals surface area contributed by atoms with E-state index in [1.54, 1.807) is 25.0 Å². The van der Waals surface area contributed by atoms with Gasteiger partial charge in [-0.25, -0.2) is 0 Å². The van der Waals surface area contributed by atoms with Crippen molar-refractivity contribution < 1.29 is 14.3 Å². The van der Waals surface area contributed by atoms with Crippen LogP contribution < -0.4 is 20.1 Å². The van der Waals surface area contributed by atoms with Crippen molar-refractivity contribution in [3.63, 3.8) is 0 Å². The van der Waals surface area contributed by atoms with Gasteiger partial charge in [-0.15, -0.1) is 0 Å². The van der Waals surface area contributed by atoms with Gasteiger partial charge in [-0.1, -0.05) is 6.07 Å². The highest BCUT2D eigenvalue weighted by atomic mass is 16.5. The summed E-state index contributed by atoms with van der Waals surface area (Å²) in [5.41, 5.74) is 1.75. The van der Waals surface area contributed by atoms with E-state index in [1.807, 2.05) is 45.5 Å². The predicted molar refractivity (Wildman–Crippen MR) is 104 cm³/mol. The molecule has 0 aliphatic heterocycles. The SMILES string of the molecule is CNC(C(=O)NCc1ccc(OCCN(C)C)c(OC)c1)c1cnn(C)c1. The standard InChI is InChI=1S/C19H29N5O3/c1-20-18(15-12-22-24(4)13-15)19(25)21-11-14-6-7-16(17(10-14)26-5)27-9-8-23(2)3/h6-7,10,12-13,18,20H,8-9,11H2,1-5H3,(H,21,25). The topological polar surface area (TPSA) is 80.7 Å². The highest BCUT2D eigenvalue weighted by Gasteiger charge is 2.19. The van der Waals surface area contributed by atoms with Crippen LogP contribution in [0.15, 0.2) is 30.6 Å². The molecule has 1 atom stereocenters. The monoisotopic (exact) mass is 375 g/mol. The summed E-state index contributed by atoms with van der Waals surface area (Å²) < 4.78 is 12.9. The van der Waals surface area contributed by atoms with Gasteiger partial charge < -0.3 is 25.0 Å². The Kier molecular flexibility index (Phi) is 7.63. The van der Waals surface area contributed by atoms with E-state index >= 15 is 0 Å². The third-order valence-corrected chi connectivity index (χ3v) is 4.10. The first-order chi connectivity index (χ1) is 12.9. The van der Waals surface area contributed by atoms with Crippen molar-refractivity contribution in [1.29, 1.82) is 0 Å². The van der Waals surface area contributed by atoms with Crippen molar-refractivity contribution in [3.8, 4) is 11.5 Å². The molecule has 0 radical (unpaired) electrons. The van der Waals surface area contributed by atoms with Gasteiger partial charge in [0.2, 0.25) is 5.91 Å². The van der Waals surface area contributed by atoms with Gasteiger partial charge in [0.1, 0.15) is 12.6 Å². The van der Waals surface area contributed by atoms with Crippen LogP contribution in [0.1, 0.15) is 17.2 Å². The van der Waals surface area contributed by atoms with E-state index in [0.29, 0.717) is 24.7 Å². The Hall–Kier alpha value is -2.58. The summed E-state index contributed by atoms with van der Waals surface area (Å²) in [4.78, 5) is 14.6. The second-order valence-corrected chi connectivity index (χ2v) is 6.52. The Balaban J connectivity index is 1.97. The minimum absolute atomic E-state index is 0.115. The number of aryl methyl sites for hydroxylation is 1. The first-order valence-electron chi connectivity index (χ1n) is 8.82. The number of ether oxygens (including phenoxy) is 2.